The Morgan fingerprint density at radius 3 is 2.50 bits per heavy atom. The van der Waals surface area contributed by atoms with Crippen LogP contribution in [0.1, 0.15) is 18.4 Å². The first-order valence-corrected chi connectivity index (χ1v) is 10.8. The van der Waals surface area contributed by atoms with Crippen molar-refractivity contribution in [2.45, 2.75) is 25.9 Å². The third-order valence-electron chi connectivity index (χ3n) is 5.35. The predicted octanol–water partition coefficient (Wildman–Crippen LogP) is 5.09. The van der Waals surface area contributed by atoms with E-state index in [4.69, 9.17) is 21.1 Å². The molecule has 0 aliphatic heterocycles. The molecule has 1 aromatic heterocycles. The molecule has 0 bridgehead atoms. The molecule has 4 rings (SSSR count). The minimum absolute atomic E-state index is 0.000141. The van der Waals surface area contributed by atoms with Crippen molar-refractivity contribution in [3.8, 4) is 17.5 Å². The first kappa shape index (κ1) is 21.9. The number of carbonyl (C=O) groups excluding carboxylic acids is 1. The number of benzene rings is 2. The summed E-state index contributed by atoms with van der Waals surface area (Å²) in [5, 5.41) is 3.43. The Morgan fingerprint density at radius 1 is 1.09 bits per heavy atom. The van der Waals surface area contributed by atoms with Crippen molar-refractivity contribution in [1.29, 1.82) is 0 Å². The number of nitrogens with one attached hydrogen (secondary N) is 1. The predicted molar refractivity (Wildman–Crippen MR) is 125 cm³/mol. The Morgan fingerprint density at radius 2 is 1.81 bits per heavy atom. The first-order valence-electron chi connectivity index (χ1n) is 10.4. The minimum Gasteiger partial charge on any atom is -0.488 e. The second-order valence-corrected chi connectivity index (χ2v) is 8.46. The highest BCUT2D eigenvalue weighted by atomic mass is 35.5. The molecule has 8 heteroatoms. The number of ether oxygens (including phenoxy) is 2. The number of hydrogen-bond donors (Lipinski definition) is 1. The van der Waals surface area contributed by atoms with Gasteiger partial charge in [0.15, 0.2) is 0 Å². The number of hydrogen-bond acceptors (Lipinski definition) is 6. The van der Waals surface area contributed by atoms with Gasteiger partial charge in [0, 0.05) is 25.7 Å². The van der Waals surface area contributed by atoms with Crippen molar-refractivity contribution in [3.05, 3.63) is 65.4 Å². The molecule has 0 spiro atoms. The van der Waals surface area contributed by atoms with Gasteiger partial charge in [-0.15, -0.1) is 0 Å². The highest BCUT2D eigenvalue weighted by molar-refractivity contribution is 6.30. The van der Waals surface area contributed by atoms with Gasteiger partial charge in [0.1, 0.15) is 17.6 Å². The van der Waals surface area contributed by atoms with Crippen LogP contribution in [-0.2, 0) is 4.79 Å². The minimum atomic E-state index is -0.0646. The summed E-state index contributed by atoms with van der Waals surface area (Å²) in [6.07, 6.45) is 4.39. The van der Waals surface area contributed by atoms with Crippen molar-refractivity contribution >= 4 is 28.9 Å². The molecule has 0 radical (unpaired) electrons. The molecule has 32 heavy (non-hydrogen) atoms. The van der Waals surface area contributed by atoms with E-state index in [9.17, 15) is 4.79 Å². The summed E-state index contributed by atoms with van der Waals surface area (Å²) >= 11 is 5.80. The Kier molecular flexibility index (Phi) is 6.46. The van der Waals surface area contributed by atoms with E-state index in [1.807, 2.05) is 56.3 Å². The zero-order valence-corrected chi connectivity index (χ0v) is 19.0. The lowest BCUT2D eigenvalue weighted by atomic mass is 9.81. The maximum Gasteiger partial charge on any atom is 0.321 e. The van der Waals surface area contributed by atoms with Crippen molar-refractivity contribution in [3.63, 3.8) is 0 Å². The summed E-state index contributed by atoms with van der Waals surface area (Å²) in [6.45, 7) is 1.90. The molecule has 1 aliphatic carbocycles. The molecule has 1 saturated carbocycles. The molecule has 7 nitrogen and oxygen atoms in total. The summed E-state index contributed by atoms with van der Waals surface area (Å²) < 4.78 is 11.8. The van der Waals surface area contributed by atoms with E-state index in [1.54, 1.807) is 12.1 Å². The number of anilines is 2. The molecule has 3 aromatic rings. The highest BCUT2D eigenvalue weighted by Gasteiger charge is 2.36. The van der Waals surface area contributed by atoms with Crippen LogP contribution in [-0.4, -0.2) is 36.1 Å². The van der Waals surface area contributed by atoms with E-state index in [-0.39, 0.29) is 23.9 Å². The van der Waals surface area contributed by atoms with Crippen molar-refractivity contribution in [1.82, 2.24) is 9.97 Å². The van der Waals surface area contributed by atoms with Gasteiger partial charge >= 0.3 is 6.01 Å². The largest absolute Gasteiger partial charge is 0.488 e. The van der Waals surface area contributed by atoms with Crippen LogP contribution in [0.2, 0.25) is 5.02 Å². The highest BCUT2D eigenvalue weighted by Crippen LogP contribution is 2.36. The summed E-state index contributed by atoms with van der Waals surface area (Å²) in [5.41, 5.74) is 2.61. The van der Waals surface area contributed by atoms with E-state index < -0.39 is 0 Å². The number of amides is 1. The third-order valence-corrected chi connectivity index (χ3v) is 5.54. The van der Waals surface area contributed by atoms with Crippen molar-refractivity contribution in [2.75, 3.05) is 24.3 Å². The summed E-state index contributed by atoms with van der Waals surface area (Å²) in [7, 11) is 3.97. The van der Waals surface area contributed by atoms with Gasteiger partial charge in [-0.25, -0.2) is 9.97 Å². The monoisotopic (exact) mass is 452 g/mol. The fourth-order valence-electron chi connectivity index (χ4n) is 3.52. The van der Waals surface area contributed by atoms with E-state index in [1.165, 1.54) is 12.4 Å². The van der Waals surface area contributed by atoms with Crippen LogP contribution in [0.4, 0.5) is 11.4 Å². The van der Waals surface area contributed by atoms with Crippen LogP contribution in [0.15, 0.2) is 54.9 Å². The molecular formula is C24H25ClN4O3. The quantitative estimate of drug-likeness (QED) is 0.538. The first-order chi connectivity index (χ1) is 15.4. The van der Waals surface area contributed by atoms with E-state index in [0.717, 1.165) is 22.7 Å². The maximum absolute atomic E-state index is 12.6. The maximum atomic E-state index is 12.6. The molecule has 0 atom stereocenters. The Labute approximate surface area is 192 Å². The lowest BCUT2D eigenvalue weighted by Crippen LogP contribution is -2.41. The van der Waals surface area contributed by atoms with Crippen LogP contribution in [0.3, 0.4) is 0 Å². The SMILES string of the molecule is Cc1cc(NC(=O)C2CC(Oc3ccccc3N(C)C)C2)ccc1Oc1ncc(Cl)cn1. The second-order valence-electron chi connectivity index (χ2n) is 8.03. The normalized spacial score (nSPS) is 17.2. The third kappa shape index (κ3) is 5.11. The molecule has 1 N–H and O–H groups in total. The topological polar surface area (TPSA) is 76.6 Å². The van der Waals surface area contributed by atoms with Gasteiger partial charge in [-0.3, -0.25) is 4.79 Å². The van der Waals surface area contributed by atoms with Crippen LogP contribution >= 0.6 is 11.6 Å². The number of halogens is 1. The number of nitrogens with zero attached hydrogens (tertiary/aromatic N) is 3. The average molecular weight is 453 g/mol. The lowest BCUT2D eigenvalue weighted by molar-refractivity contribution is -0.125. The van der Waals surface area contributed by atoms with Crippen molar-refractivity contribution in [2.24, 2.45) is 5.92 Å². The van der Waals surface area contributed by atoms with Crippen LogP contribution in [0, 0.1) is 12.8 Å². The number of carbonyl (C=O) groups is 1. The molecule has 1 aliphatic rings. The van der Waals surface area contributed by atoms with Gasteiger partial charge in [0.2, 0.25) is 5.91 Å². The summed E-state index contributed by atoms with van der Waals surface area (Å²) in [5.74, 6) is 1.39. The van der Waals surface area contributed by atoms with Crippen LogP contribution < -0.4 is 19.7 Å². The number of aryl methyl sites for hydroxylation is 1. The van der Waals surface area contributed by atoms with Gasteiger partial charge in [0.25, 0.3) is 0 Å². The molecule has 1 fully saturated rings. The smallest absolute Gasteiger partial charge is 0.321 e. The summed E-state index contributed by atoms with van der Waals surface area (Å²) in [4.78, 5) is 22.7. The van der Waals surface area contributed by atoms with Gasteiger partial charge in [0.05, 0.1) is 23.1 Å². The fourth-order valence-corrected chi connectivity index (χ4v) is 3.62. The molecule has 1 heterocycles. The van der Waals surface area contributed by atoms with Crippen molar-refractivity contribution < 1.29 is 14.3 Å². The Bertz CT molecular complexity index is 1100. The van der Waals surface area contributed by atoms with Crippen LogP contribution in [0.25, 0.3) is 0 Å². The number of para-hydroxylation sites is 2. The van der Waals surface area contributed by atoms with E-state index in [2.05, 4.69) is 15.3 Å². The number of aromatic nitrogens is 2. The van der Waals surface area contributed by atoms with Gasteiger partial charge in [-0.05, 0) is 55.7 Å². The van der Waals surface area contributed by atoms with Gasteiger partial charge < -0.3 is 19.7 Å². The van der Waals surface area contributed by atoms with E-state index in [0.29, 0.717) is 23.6 Å². The zero-order chi connectivity index (χ0) is 22.7. The van der Waals surface area contributed by atoms with Gasteiger partial charge in [-0.2, -0.15) is 0 Å². The average Bonchev–Trinajstić information content (AvgIpc) is 2.74. The summed E-state index contributed by atoms with van der Waals surface area (Å²) in [6, 6.07) is 13.6. The molecular weight excluding hydrogens is 428 g/mol. The molecule has 0 saturated heterocycles. The Hall–Kier alpha value is -3.32. The Balaban J connectivity index is 1.30. The number of rotatable bonds is 7. The fraction of sp³-hybridized carbons (Fsp3) is 0.292. The van der Waals surface area contributed by atoms with Gasteiger partial charge in [-0.1, -0.05) is 23.7 Å². The second kappa shape index (κ2) is 9.44. The molecule has 2 aromatic carbocycles. The molecule has 1 amide bonds. The van der Waals surface area contributed by atoms with E-state index >= 15 is 0 Å². The van der Waals surface area contributed by atoms with Crippen LogP contribution in [0.5, 0.6) is 17.5 Å². The zero-order valence-electron chi connectivity index (χ0n) is 18.2. The molecule has 0 unspecified atom stereocenters. The standard InChI is InChI=1S/C24H25ClN4O3/c1-15-10-18(8-9-21(15)32-24-26-13-17(25)14-27-24)28-23(30)16-11-19(12-16)31-22-7-5-4-6-20(22)29(2)3/h4-10,13-14,16,19H,11-12H2,1-3H3,(H,28,30). The lowest BCUT2D eigenvalue weighted by Gasteiger charge is -2.35. The molecule has 166 valence electrons.